The highest BCUT2D eigenvalue weighted by Gasteiger charge is 2.51. The number of rotatable bonds is 15. The standard InChI is InChI=1S/C52H63N5O7Si/c1-7-52(6)50(63)55-43(35-37-30-32-38(33-31-37)46(59)53-39-21-12-8-13-22-39)49(62)57-34-20-28-44(57)48(61)54-42(47(60)56-52)27-18-11-19-29-45(58)36(2)64-65(51(3,4)5,40-23-14-9-15-24-40)41-25-16-10-17-26-41/h8-17,19,21-26,30-33,36,42-44H,7,18,20,27-29,34-35H2,1-6H3,(H,53,59)(H,54,61)(H,55,63)(H,56,60)/t36-,42+,43+,44-,52+/m1/s1. The fourth-order valence-electron chi connectivity index (χ4n) is 8.74. The zero-order chi connectivity index (χ0) is 46.8. The Balaban J connectivity index is 1.12. The number of nitrogens with zero attached hydrogens (tertiary/aromatic N) is 1. The van der Waals surface area contributed by atoms with Crippen molar-refractivity contribution in [3.63, 3.8) is 0 Å². The van der Waals surface area contributed by atoms with Gasteiger partial charge in [-0.25, -0.2) is 0 Å². The molecule has 342 valence electrons. The van der Waals surface area contributed by atoms with E-state index in [9.17, 15) is 28.8 Å². The van der Waals surface area contributed by atoms with Gasteiger partial charge >= 0.3 is 0 Å². The SMILES string of the molecule is CC[C@]1(C)NC(=O)[C@H](CCC=CCC(=O)[C@@H](C)O[Si](c2ccccc2)(c2ccccc2)C(C)(C)C)NC(=O)[C@H]2CCCN2C(=O)[C@H](Cc2ccc(C(=O)Nc3ccccc3)cc2)NC1=O. The highest BCUT2D eigenvalue weighted by atomic mass is 28.4. The molecule has 4 aromatic carbocycles. The van der Waals surface area contributed by atoms with Crippen molar-refractivity contribution < 1.29 is 33.2 Å². The molecule has 4 N–H and O–H groups in total. The Morgan fingerprint density at radius 2 is 1.43 bits per heavy atom. The monoisotopic (exact) mass is 897 g/mol. The molecule has 0 aromatic heterocycles. The van der Waals surface area contributed by atoms with Crippen molar-refractivity contribution in [2.75, 3.05) is 11.9 Å². The van der Waals surface area contributed by atoms with Crippen LogP contribution < -0.4 is 31.6 Å². The molecule has 0 aliphatic carbocycles. The van der Waals surface area contributed by atoms with E-state index in [2.05, 4.69) is 66.3 Å². The van der Waals surface area contributed by atoms with Crippen molar-refractivity contribution in [2.24, 2.45) is 0 Å². The minimum atomic E-state index is -2.96. The normalized spacial score (nSPS) is 21.3. The minimum Gasteiger partial charge on any atom is -0.398 e. The summed E-state index contributed by atoms with van der Waals surface area (Å²) in [5.41, 5.74) is 0.374. The summed E-state index contributed by atoms with van der Waals surface area (Å²) in [6.45, 7) is 12.0. The Labute approximate surface area is 384 Å². The summed E-state index contributed by atoms with van der Waals surface area (Å²) in [5, 5.41) is 13.5. The quantitative estimate of drug-likeness (QED) is 0.0841. The van der Waals surface area contributed by atoms with Gasteiger partial charge in [0.05, 0.1) is 0 Å². The Morgan fingerprint density at radius 1 is 0.831 bits per heavy atom. The Morgan fingerprint density at radius 3 is 2.02 bits per heavy atom. The molecule has 0 spiro atoms. The van der Waals surface area contributed by atoms with Crippen LogP contribution in [0.15, 0.2) is 127 Å². The number of anilines is 1. The van der Waals surface area contributed by atoms with Gasteiger partial charge in [0.2, 0.25) is 23.6 Å². The van der Waals surface area contributed by atoms with Crippen LogP contribution in [0.3, 0.4) is 0 Å². The topological polar surface area (TPSA) is 163 Å². The summed E-state index contributed by atoms with van der Waals surface area (Å²) < 4.78 is 7.01. The summed E-state index contributed by atoms with van der Waals surface area (Å²) >= 11 is 0. The number of Topliss-reactive ketones (excluding diaryl/α,β-unsaturated/α-hetero) is 1. The number of hydrogen-bond acceptors (Lipinski definition) is 7. The van der Waals surface area contributed by atoms with Crippen LogP contribution >= 0.6 is 0 Å². The lowest BCUT2D eigenvalue weighted by Crippen LogP contribution is -2.68. The van der Waals surface area contributed by atoms with Gasteiger partial charge in [-0.05, 0) is 91.2 Å². The zero-order valence-corrected chi connectivity index (χ0v) is 39.4. The number of fused-ring (bicyclic) bond motifs is 1. The predicted octanol–water partition coefficient (Wildman–Crippen LogP) is 6.00. The van der Waals surface area contributed by atoms with Crippen molar-refractivity contribution in [3.05, 3.63) is 139 Å². The largest absolute Gasteiger partial charge is 0.398 e. The Hall–Kier alpha value is -6.18. The van der Waals surface area contributed by atoms with E-state index in [1.807, 2.05) is 67.6 Å². The van der Waals surface area contributed by atoms with Gasteiger partial charge in [0.25, 0.3) is 14.2 Å². The first-order valence-corrected chi connectivity index (χ1v) is 24.6. The molecule has 65 heavy (non-hydrogen) atoms. The van der Waals surface area contributed by atoms with Gasteiger partial charge in [-0.15, -0.1) is 0 Å². The van der Waals surface area contributed by atoms with Crippen molar-refractivity contribution >= 4 is 59.7 Å². The molecule has 2 heterocycles. The number of benzene rings is 4. The van der Waals surface area contributed by atoms with Gasteiger partial charge in [0.1, 0.15) is 29.8 Å². The molecule has 4 aromatic rings. The van der Waals surface area contributed by atoms with Crippen LogP contribution in [0.2, 0.25) is 5.04 Å². The lowest BCUT2D eigenvalue weighted by Gasteiger charge is -2.44. The summed E-state index contributed by atoms with van der Waals surface area (Å²) in [6, 6.07) is 33.4. The lowest BCUT2D eigenvalue weighted by molar-refractivity contribution is -0.144. The van der Waals surface area contributed by atoms with Crippen molar-refractivity contribution in [1.29, 1.82) is 0 Å². The highest BCUT2D eigenvalue weighted by molar-refractivity contribution is 6.99. The fourth-order valence-corrected chi connectivity index (χ4v) is 13.4. The number of nitrogens with one attached hydrogen (secondary N) is 4. The van der Waals surface area contributed by atoms with Gasteiger partial charge in [0, 0.05) is 30.6 Å². The summed E-state index contributed by atoms with van der Waals surface area (Å²) in [4.78, 5) is 84.5. The molecular weight excluding hydrogens is 835 g/mol. The summed E-state index contributed by atoms with van der Waals surface area (Å²) in [7, 11) is -2.96. The first kappa shape index (κ1) is 48.3. The molecular formula is C52H63N5O7Si. The molecule has 2 aliphatic rings. The average Bonchev–Trinajstić information content (AvgIpc) is 3.80. The van der Waals surface area contributed by atoms with E-state index >= 15 is 0 Å². The van der Waals surface area contributed by atoms with Crippen LogP contribution in [-0.4, -0.2) is 84.8 Å². The van der Waals surface area contributed by atoms with E-state index in [0.29, 0.717) is 42.6 Å². The molecule has 2 saturated heterocycles. The van der Waals surface area contributed by atoms with Crippen LogP contribution in [-0.2, 0) is 34.8 Å². The number of para-hydroxylation sites is 1. The van der Waals surface area contributed by atoms with E-state index in [4.69, 9.17) is 4.43 Å². The van der Waals surface area contributed by atoms with Crippen LogP contribution in [0.25, 0.3) is 0 Å². The maximum absolute atomic E-state index is 14.3. The van der Waals surface area contributed by atoms with Crippen LogP contribution in [0.5, 0.6) is 0 Å². The second-order valence-corrected chi connectivity index (χ2v) is 22.6. The smallest absolute Gasteiger partial charge is 0.262 e. The Kier molecular flexibility index (Phi) is 15.7. The summed E-state index contributed by atoms with van der Waals surface area (Å²) in [5.74, 6) is -2.26. The first-order valence-electron chi connectivity index (χ1n) is 22.7. The molecule has 0 unspecified atom stereocenters. The molecule has 5 atom stereocenters. The summed E-state index contributed by atoms with van der Waals surface area (Å²) in [6.07, 6.45) is 4.86. The van der Waals surface area contributed by atoms with Crippen molar-refractivity contribution in [2.45, 2.75) is 121 Å². The van der Waals surface area contributed by atoms with Gasteiger partial charge in [-0.3, -0.25) is 28.8 Å². The maximum atomic E-state index is 14.3. The molecule has 0 bridgehead atoms. The molecule has 0 saturated carbocycles. The third-order valence-corrected chi connectivity index (χ3v) is 17.8. The van der Waals surface area contributed by atoms with Crippen LogP contribution in [0.1, 0.15) is 96.0 Å². The minimum absolute atomic E-state index is 0.0800. The molecule has 2 aliphatic heterocycles. The number of amides is 5. The van der Waals surface area contributed by atoms with E-state index in [-0.39, 0.29) is 42.4 Å². The van der Waals surface area contributed by atoms with Crippen LogP contribution in [0.4, 0.5) is 5.69 Å². The van der Waals surface area contributed by atoms with Gasteiger partial charge in [0.15, 0.2) is 5.78 Å². The second kappa shape index (κ2) is 21.2. The number of hydrogen-bond donors (Lipinski definition) is 4. The van der Waals surface area contributed by atoms with Crippen LogP contribution in [0, 0.1) is 0 Å². The molecule has 13 heteroatoms. The second-order valence-electron chi connectivity index (χ2n) is 18.3. The molecule has 2 fully saturated rings. The van der Waals surface area contributed by atoms with Crippen molar-refractivity contribution in [1.82, 2.24) is 20.9 Å². The van der Waals surface area contributed by atoms with E-state index in [0.717, 1.165) is 10.4 Å². The number of allylic oxidation sites excluding steroid dienone is 2. The maximum Gasteiger partial charge on any atom is 0.262 e. The fraction of sp³-hybridized carbons (Fsp3) is 0.385. The van der Waals surface area contributed by atoms with Gasteiger partial charge < -0.3 is 30.6 Å². The lowest BCUT2D eigenvalue weighted by atomic mass is 9.94. The third-order valence-electron chi connectivity index (χ3n) is 12.7. The Bertz CT molecular complexity index is 2300. The molecule has 0 radical (unpaired) electrons. The first-order chi connectivity index (χ1) is 31.1. The van der Waals surface area contributed by atoms with Gasteiger partial charge in [-0.2, -0.15) is 0 Å². The van der Waals surface area contributed by atoms with Crippen molar-refractivity contribution in [3.8, 4) is 0 Å². The van der Waals surface area contributed by atoms with E-state index < -0.39 is 61.7 Å². The van der Waals surface area contributed by atoms with Gasteiger partial charge in [-0.1, -0.05) is 131 Å². The van der Waals surface area contributed by atoms with E-state index in [1.54, 1.807) is 56.3 Å². The number of carbonyl (C=O) groups excluding carboxylic acids is 6. The number of carbonyl (C=O) groups is 6. The molecule has 5 amide bonds. The molecule has 6 rings (SSSR count). The highest BCUT2D eigenvalue weighted by Crippen LogP contribution is 2.37. The zero-order valence-electron chi connectivity index (χ0n) is 38.4. The average molecular weight is 898 g/mol. The molecule has 12 nitrogen and oxygen atoms in total. The van der Waals surface area contributed by atoms with E-state index in [1.165, 1.54) is 4.90 Å². The third kappa shape index (κ3) is 11.4. The number of ketones is 1. The predicted molar refractivity (Wildman–Crippen MR) is 256 cm³/mol.